The van der Waals surface area contributed by atoms with E-state index >= 15 is 0 Å². The average Bonchev–Trinajstić information content (AvgIpc) is 3.25. The zero-order valence-corrected chi connectivity index (χ0v) is 24.2. The van der Waals surface area contributed by atoms with Gasteiger partial charge in [-0.3, -0.25) is 0 Å². The Balaban J connectivity index is 0.00000370. The fraction of sp³-hybridized carbons (Fsp3) is 0.207. The second-order valence-corrected chi connectivity index (χ2v) is 11.8. The van der Waals surface area contributed by atoms with Gasteiger partial charge in [-0.15, -0.1) is 12.4 Å². The van der Waals surface area contributed by atoms with Crippen molar-refractivity contribution in [2.45, 2.75) is 13.0 Å². The number of rotatable bonds is 10. The van der Waals surface area contributed by atoms with Crippen molar-refractivity contribution >= 4 is 62.4 Å². The second-order valence-electron chi connectivity index (χ2n) is 9.51. The minimum atomic E-state index is -3.03. The van der Waals surface area contributed by atoms with E-state index in [1.807, 2.05) is 79.7 Å². The molecule has 0 saturated heterocycles. The lowest BCUT2D eigenvalue weighted by Gasteiger charge is -2.19. The predicted octanol–water partition coefficient (Wildman–Crippen LogP) is 5.50. The standard InChI is InChI=1S/C29H31N7O2S.ClH/c1-35(24-12-13-26-25(19-24)33-29(36(26)2)31-20-22-8-5-4-6-9-22)27-14-16-30-28(34-27)32-23-11-7-10-21(18-23)15-17-39(3,37)38;/h4-14,16,18-19H,15,17,20H2,1-3H3,(H,31,33)(H,30,32,34);1H. The lowest BCUT2D eigenvalue weighted by molar-refractivity contribution is 0.601. The first-order chi connectivity index (χ1) is 18.7. The van der Waals surface area contributed by atoms with E-state index in [4.69, 9.17) is 9.97 Å². The third kappa shape index (κ3) is 7.08. The Morgan fingerprint density at radius 2 is 1.70 bits per heavy atom. The highest BCUT2D eigenvalue weighted by Gasteiger charge is 2.13. The molecule has 2 heterocycles. The van der Waals surface area contributed by atoms with Crippen molar-refractivity contribution in [1.29, 1.82) is 0 Å². The molecule has 0 unspecified atom stereocenters. The number of hydrogen-bond donors (Lipinski definition) is 2. The second kappa shape index (κ2) is 12.4. The summed E-state index contributed by atoms with van der Waals surface area (Å²) in [6.07, 6.45) is 3.41. The zero-order chi connectivity index (χ0) is 27.4. The highest BCUT2D eigenvalue weighted by molar-refractivity contribution is 7.90. The Labute approximate surface area is 240 Å². The lowest BCUT2D eigenvalue weighted by Crippen LogP contribution is -2.12. The minimum Gasteiger partial charge on any atom is -0.352 e. The van der Waals surface area contributed by atoms with E-state index in [0.29, 0.717) is 18.9 Å². The van der Waals surface area contributed by atoms with Gasteiger partial charge in [0, 0.05) is 44.5 Å². The molecule has 2 N–H and O–H groups in total. The number of anilines is 5. The Morgan fingerprint density at radius 3 is 2.48 bits per heavy atom. The average molecular weight is 578 g/mol. The van der Waals surface area contributed by atoms with Crippen LogP contribution in [0.15, 0.2) is 85.1 Å². The molecule has 0 fully saturated rings. The van der Waals surface area contributed by atoms with Gasteiger partial charge < -0.3 is 20.1 Å². The van der Waals surface area contributed by atoms with E-state index < -0.39 is 9.84 Å². The Morgan fingerprint density at radius 1 is 0.925 bits per heavy atom. The molecule has 0 atom stereocenters. The SMILES string of the molecule is CN(c1ccc2c(c1)nc(NCc1ccccc1)n2C)c1ccnc(Nc2cccc(CCS(C)(=O)=O)c2)n1.Cl. The van der Waals surface area contributed by atoms with Crippen LogP contribution in [0.2, 0.25) is 0 Å². The van der Waals surface area contributed by atoms with Crippen LogP contribution in [0.25, 0.3) is 11.0 Å². The molecule has 0 amide bonds. The summed E-state index contributed by atoms with van der Waals surface area (Å²) >= 11 is 0. The van der Waals surface area contributed by atoms with E-state index in [9.17, 15) is 8.42 Å². The van der Waals surface area contributed by atoms with Crippen molar-refractivity contribution in [2.75, 3.05) is 34.6 Å². The predicted molar refractivity (Wildman–Crippen MR) is 165 cm³/mol. The van der Waals surface area contributed by atoms with Crippen LogP contribution in [0, 0.1) is 0 Å². The molecule has 0 spiro atoms. The van der Waals surface area contributed by atoms with Crippen molar-refractivity contribution in [2.24, 2.45) is 7.05 Å². The smallest absolute Gasteiger partial charge is 0.229 e. The van der Waals surface area contributed by atoms with Gasteiger partial charge in [-0.1, -0.05) is 42.5 Å². The van der Waals surface area contributed by atoms with Gasteiger partial charge in [0.1, 0.15) is 15.7 Å². The summed E-state index contributed by atoms with van der Waals surface area (Å²) in [5, 5.41) is 6.66. The fourth-order valence-corrected chi connectivity index (χ4v) is 4.90. The molecule has 0 aliphatic carbocycles. The number of aromatic nitrogens is 4. The maximum atomic E-state index is 11.5. The highest BCUT2D eigenvalue weighted by atomic mass is 35.5. The molecule has 0 saturated carbocycles. The number of hydrogen-bond acceptors (Lipinski definition) is 8. The van der Waals surface area contributed by atoms with Crippen LogP contribution >= 0.6 is 12.4 Å². The van der Waals surface area contributed by atoms with Gasteiger partial charge in [0.15, 0.2) is 0 Å². The van der Waals surface area contributed by atoms with E-state index in [1.165, 1.54) is 11.8 Å². The topological polar surface area (TPSA) is 105 Å². The Hall–Kier alpha value is -4.15. The number of sulfone groups is 1. The number of benzene rings is 3. The fourth-order valence-electron chi connectivity index (χ4n) is 4.30. The lowest BCUT2D eigenvalue weighted by atomic mass is 10.1. The quantitative estimate of drug-likeness (QED) is 0.224. The summed E-state index contributed by atoms with van der Waals surface area (Å²) in [4.78, 5) is 15.9. The normalized spacial score (nSPS) is 11.2. The molecular weight excluding hydrogens is 546 g/mol. The molecule has 0 aliphatic heterocycles. The molecule has 0 bridgehead atoms. The van der Waals surface area contributed by atoms with E-state index in [-0.39, 0.29) is 18.2 Å². The number of aryl methyl sites for hydroxylation is 2. The summed E-state index contributed by atoms with van der Waals surface area (Å²) in [5.74, 6) is 2.09. The van der Waals surface area contributed by atoms with Gasteiger partial charge >= 0.3 is 0 Å². The van der Waals surface area contributed by atoms with Crippen molar-refractivity contribution in [3.8, 4) is 0 Å². The van der Waals surface area contributed by atoms with Crippen molar-refractivity contribution in [3.05, 3.63) is 96.2 Å². The van der Waals surface area contributed by atoms with Crippen LogP contribution in [0.3, 0.4) is 0 Å². The highest BCUT2D eigenvalue weighted by Crippen LogP contribution is 2.28. The third-order valence-electron chi connectivity index (χ3n) is 6.47. The van der Waals surface area contributed by atoms with Gasteiger partial charge in [0.2, 0.25) is 11.9 Å². The molecule has 3 aromatic carbocycles. The molecule has 11 heteroatoms. The molecule has 0 radical (unpaired) electrons. The molecule has 5 aromatic rings. The van der Waals surface area contributed by atoms with Crippen LogP contribution < -0.4 is 15.5 Å². The molecule has 208 valence electrons. The van der Waals surface area contributed by atoms with Crippen LogP contribution in [0.5, 0.6) is 0 Å². The van der Waals surface area contributed by atoms with Gasteiger partial charge in [-0.25, -0.2) is 18.4 Å². The third-order valence-corrected chi connectivity index (χ3v) is 7.42. The number of imidazole rings is 1. The van der Waals surface area contributed by atoms with Gasteiger partial charge in [0.25, 0.3) is 0 Å². The summed E-state index contributed by atoms with van der Waals surface area (Å²) in [6, 6.07) is 25.9. The number of fused-ring (bicyclic) bond motifs is 1. The molecule has 2 aromatic heterocycles. The minimum absolute atomic E-state index is 0. The van der Waals surface area contributed by atoms with Gasteiger partial charge in [0.05, 0.1) is 16.8 Å². The van der Waals surface area contributed by atoms with Gasteiger partial charge in [-0.05, 0) is 53.9 Å². The van der Waals surface area contributed by atoms with Crippen molar-refractivity contribution in [1.82, 2.24) is 19.5 Å². The maximum absolute atomic E-state index is 11.5. The summed E-state index contributed by atoms with van der Waals surface area (Å²) in [5.41, 5.74) is 5.78. The summed E-state index contributed by atoms with van der Waals surface area (Å²) < 4.78 is 25.1. The molecule has 0 aliphatic rings. The van der Waals surface area contributed by atoms with E-state index in [1.54, 1.807) is 6.20 Å². The van der Waals surface area contributed by atoms with Crippen LogP contribution in [-0.4, -0.2) is 47.0 Å². The van der Waals surface area contributed by atoms with Gasteiger partial charge in [-0.2, -0.15) is 4.98 Å². The van der Waals surface area contributed by atoms with Crippen LogP contribution in [0.1, 0.15) is 11.1 Å². The molecule has 40 heavy (non-hydrogen) atoms. The number of halogens is 1. The zero-order valence-electron chi connectivity index (χ0n) is 22.6. The first-order valence-corrected chi connectivity index (χ1v) is 14.7. The Bertz CT molecular complexity index is 1710. The Kier molecular flexibility index (Phi) is 8.91. The van der Waals surface area contributed by atoms with E-state index in [0.717, 1.165) is 39.7 Å². The maximum Gasteiger partial charge on any atom is 0.229 e. The van der Waals surface area contributed by atoms with Crippen LogP contribution in [-0.2, 0) is 29.9 Å². The molecule has 9 nitrogen and oxygen atoms in total. The molecule has 5 rings (SSSR count). The first-order valence-electron chi connectivity index (χ1n) is 12.6. The summed E-state index contributed by atoms with van der Waals surface area (Å²) in [7, 11) is 0.934. The number of nitrogens with zero attached hydrogens (tertiary/aromatic N) is 5. The first kappa shape index (κ1) is 28.8. The van der Waals surface area contributed by atoms with E-state index in [2.05, 4.69) is 38.4 Å². The van der Waals surface area contributed by atoms with Crippen molar-refractivity contribution < 1.29 is 8.42 Å². The monoisotopic (exact) mass is 577 g/mol. The largest absolute Gasteiger partial charge is 0.352 e. The molecular formula is C29H32ClN7O2S. The number of nitrogens with one attached hydrogen (secondary N) is 2. The van der Waals surface area contributed by atoms with Crippen molar-refractivity contribution in [3.63, 3.8) is 0 Å². The van der Waals surface area contributed by atoms with Crippen LogP contribution in [0.4, 0.5) is 29.1 Å². The summed E-state index contributed by atoms with van der Waals surface area (Å²) in [6.45, 7) is 0.697.